The van der Waals surface area contributed by atoms with Gasteiger partial charge in [0, 0.05) is 6.20 Å². The van der Waals surface area contributed by atoms with Crippen LogP contribution < -0.4 is 5.82 Å². The van der Waals surface area contributed by atoms with E-state index in [4.69, 9.17) is 0 Å². The van der Waals surface area contributed by atoms with Crippen molar-refractivity contribution in [1.29, 1.82) is 0 Å². The van der Waals surface area contributed by atoms with Gasteiger partial charge in [0.2, 0.25) is 0 Å². The van der Waals surface area contributed by atoms with Crippen LogP contribution in [0.5, 0.6) is 0 Å². The zero-order valence-corrected chi connectivity index (χ0v) is 4.90. The van der Waals surface area contributed by atoms with Crippen molar-refractivity contribution in [2.75, 3.05) is 0 Å². The monoisotopic (exact) mass is 137 g/mol. The number of fused-ring (bicyclic) bond motifs is 1. The zero-order chi connectivity index (χ0) is 6.97. The molecule has 0 N–H and O–H groups in total. The summed E-state index contributed by atoms with van der Waals surface area (Å²) in [5, 5.41) is 0. The molecule has 0 saturated heterocycles. The summed E-state index contributed by atoms with van der Waals surface area (Å²) in [5.41, 5.74) is 0.625. The second-order valence-electron chi connectivity index (χ2n) is 1.76. The van der Waals surface area contributed by atoms with Crippen molar-refractivity contribution in [1.82, 2.24) is 4.98 Å². The summed E-state index contributed by atoms with van der Waals surface area (Å²) < 4.78 is 9.12. The van der Waals surface area contributed by atoms with Crippen molar-refractivity contribution in [3.63, 3.8) is 0 Å². The lowest BCUT2D eigenvalue weighted by Gasteiger charge is -1.77. The van der Waals surface area contributed by atoms with Crippen LogP contribution in [0.3, 0.4) is 0 Å². The quantitative estimate of drug-likeness (QED) is 0.538. The molecule has 0 fully saturated rings. The number of hydrogen-bond acceptors (Lipinski definition) is 4. The minimum atomic E-state index is -0.714. The van der Waals surface area contributed by atoms with Crippen LogP contribution in [-0.2, 0) is 0 Å². The number of hydrogen-bond donors (Lipinski definition) is 0. The maximum absolute atomic E-state index is 10.4. The summed E-state index contributed by atoms with van der Waals surface area (Å²) in [7, 11) is 0. The Morgan fingerprint density at radius 2 is 2.30 bits per heavy atom. The first kappa shape index (κ1) is 5.22. The van der Waals surface area contributed by atoms with Gasteiger partial charge in [0.1, 0.15) is 0 Å². The normalized spacial score (nSPS) is 10.4. The average Bonchev–Trinajstić information content (AvgIpc) is 2.27. The Labute approximate surface area is 55.1 Å². The molecule has 0 aliphatic carbocycles. The highest BCUT2D eigenvalue weighted by molar-refractivity contribution is 5.63. The van der Waals surface area contributed by atoms with Crippen molar-refractivity contribution in [3.8, 4) is 0 Å². The molecule has 0 aliphatic heterocycles. The number of aromatic nitrogens is 1. The van der Waals surface area contributed by atoms with Gasteiger partial charge in [0.15, 0.2) is 5.58 Å². The van der Waals surface area contributed by atoms with E-state index in [1.165, 1.54) is 6.20 Å². The van der Waals surface area contributed by atoms with Crippen LogP contribution in [0.25, 0.3) is 11.3 Å². The van der Waals surface area contributed by atoms with E-state index in [9.17, 15) is 4.79 Å². The maximum atomic E-state index is 10.4. The first-order chi connectivity index (χ1) is 4.86. The summed E-state index contributed by atoms with van der Waals surface area (Å²) in [6.45, 7) is 0. The van der Waals surface area contributed by atoms with Crippen LogP contribution in [0.4, 0.5) is 0 Å². The average molecular weight is 137 g/mol. The Hall–Kier alpha value is -1.58. The van der Waals surface area contributed by atoms with Gasteiger partial charge in [-0.3, -0.25) is 0 Å². The first-order valence-electron chi connectivity index (χ1n) is 2.71. The van der Waals surface area contributed by atoms with Crippen molar-refractivity contribution in [2.45, 2.75) is 0 Å². The Morgan fingerprint density at radius 3 is 3.10 bits per heavy atom. The van der Waals surface area contributed by atoms with Crippen LogP contribution >= 0.6 is 0 Å². The molecule has 0 aromatic carbocycles. The van der Waals surface area contributed by atoms with Crippen molar-refractivity contribution >= 4 is 11.3 Å². The van der Waals surface area contributed by atoms with Gasteiger partial charge in [-0.2, -0.15) is 0 Å². The Balaban J connectivity index is 3.01. The molecule has 0 radical (unpaired) electrons. The van der Waals surface area contributed by atoms with Crippen molar-refractivity contribution in [3.05, 3.63) is 28.9 Å². The fraction of sp³-hybridized carbons (Fsp3) is 0. The predicted octanol–water partition coefficient (Wildman–Crippen LogP) is 0.781. The molecule has 0 spiro atoms. The molecule has 10 heavy (non-hydrogen) atoms. The van der Waals surface area contributed by atoms with Gasteiger partial charge in [-0.15, -0.1) is 0 Å². The molecule has 0 aliphatic rings. The van der Waals surface area contributed by atoms with E-state index in [1.807, 2.05) is 0 Å². The Bertz CT molecular complexity index is 364. The summed E-state index contributed by atoms with van der Waals surface area (Å²) in [5.74, 6) is -0.714. The van der Waals surface area contributed by atoms with E-state index >= 15 is 0 Å². The fourth-order valence-corrected chi connectivity index (χ4v) is 0.720. The standard InChI is InChI=1S/C6H3NO3/c8-6-9-4-2-1-3-7-5(4)10-6/h1-3H. The number of nitrogens with zero attached hydrogens (tertiary/aromatic N) is 1. The molecule has 0 unspecified atom stereocenters. The lowest BCUT2D eigenvalue weighted by molar-refractivity contribution is 0.407. The SMILES string of the molecule is O=c1oc2cccnc2o1. The van der Waals surface area contributed by atoms with Gasteiger partial charge < -0.3 is 8.83 Å². The molecule has 2 rings (SSSR count). The van der Waals surface area contributed by atoms with E-state index in [-0.39, 0.29) is 5.71 Å². The highest BCUT2D eigenvalue weighted by Gasteiger charge is 2.00. The highest BCUT2D eigenvalue weighted by Crippen LogP contribution is 2.05. The van der Waals surface area contributed by atoms with Crippen LogP contribution in [0.2, 0.25) is 0 Å². The van der Waals surface area contributed by atoms with E-state index in [2.05, 4.69) is 13.8 Å². The third-order valence-electron chi connectivity index (χ3n) is 1.11. The smallest absolute Gasteiger partial charge is 0.389 e. The van der Waals surface area contributed by atoms with Crippen LogP contribution in [0.15, 0.2) is 32.0 Å². The lowest BCUT2D eigenvalue weighted by atomic mass is 10.5. The molecule has 0 atom stereocenters. The second kappa shape index (κ2) is 1.70. The van der Waals surface area contributed by atoms with Crippen molar-refractivity contribution in [2.24, 2.45) is 0 Å². The van der Waals surface area contributed by atoms with E-state index in [0.29, 0.717) is 5.58 Å². The fourth-order valence-electron chi connectivity index (χ4n) is 0.720. The van der Waals surface area contributed by atoms with Gasteiger partial charge in [0.05, 0.1) is 0 Å². The molecule has 4 nitrogen and oxygen atoms in total. The third-order valence-corrected chi connectivity index (χ3v) is 1.11. The van der Waals surface area contributed by atoms with E-state index in [0.717, 1.165) is 0 Å². The minimum Gasteiger partial charge on any atom is -0.389 e. The summed E-state index contributed by atoms with van der Waals surface area (Å²) >= 11 is 0. The molecule has 50 valence electrons. The number of rotatable bonds is 0. The molecular weight excluding hydrogens is 134 g/mol. The van der Waals surface area contributed by atoms with Gasteiger partial charge in [-0.25, -0.2) is 9.78 Å². The van der Waals surface area contributed by atoms with Crippen LogP contribution in [0.1, 0.15) is 0 Å². The third kappa shape index (κ3) is 0.621. The topological polar surface area (TPSA) is 56.2 Å². The van der Waals surface area contributed by atoms with E-state index in [1.54, 1.807) is 12.1 Å². The minimum absolute atomic E-state index is 0.243. The van der Waals surface area contributed by atoms with Gasteiger partial charge in [-0.05, 0) is 12.1 Å². The Morgan fingerprint density at radius 1 is 1.40 bits per heavy atom. The molecule has 2 aromatic rings. The molecule has 0 bridgehead atoms. The van der Waals surface area contributed by atoms with Gasteiger partial charge in [0.25, 0.3) is 5.71 Å². The largest absolute Gasteiger partial charge is 0.521 e. The van der Waals surface area contributed by atoms with Crippen LogP contribution in [-0.4, -0.2) is 4.98 Å². The highest BCUT2D eigenvalue weighted by atomic mass is 16.6. The summed E-state index contributed by atoms with van der Waals surface area (Å²) in [4.78, 5) is 14.2. The summed E-state index contributed by atoms with van der Waals surface area (Å²) in [6, 6.07) is 3.29. The number of pyridine rings is 1. The molecule has 2 aromatic heterocycles. The molecule has 0 amide bonds. The van der Waals surface area contributed by atoms with Crippen molar-refractivity contribution < 1.29 is 8.83 Å². The predicted molar refractivity (Wildman–Crippen MR) is 32.5 cm³/mol. The molecule has 0 saturated carbocycles. The summed E-state index contributed by atoms with van der Waals surface area (Å²) in [6.07, 6.45) is 1.53. The molecule has 2 heterocycles. The second-order valence-corrected chi connectivity index (χ2v) is 1.76. The zero-order valence-electron chi connectivity index (χ0n) is 4.90. The molecule has 4 heteroatoms. The van der Waals surface area contributed by atoms with Gasteiger partial charge in [-0.1, -0.05) is 0 Å². The molecular formula is C6H3NO3. The van der Waals surface area contributed by atoms with Crippen LogP contribution in [0, 0.1) is 0 Å². The van der Waals surface area contributed by atoms with E-state index < -0.39 is 5.82 Å². The maximum Gasteiger partial charge on any atom is 0.521 e. The lowest BCUT2D eigenvalue weighted by Crippen LogP contribution is -1.84. The first-order valence-corrected chi connectivity index (χ1v) is 2.71. The Kier molecular flexibility index (Phi) is 0.887. The van der Waals surface area contributed by atoms with Gasteiger partial charge >= 0.3 is 5.82 Å².